The first kappa shape index (κ1) is 8.02. The lowest BCUT2D eigenvalue weighted by Crippen LogP contribution is -2.51. The maximum absolute atomic E-state index is 8.83. The molecule has 60 valence electrons. The molecule has 1 heterocycles. The molecule has 10 heavy (non-hydrogen) atoms. The fourth-order valence-corrected chi connectivity index (χ4v) is 1.41. The SMILES string of the molecule is CC(C)CN1CC[C@H]1CO. The molecule has 0 amide bonds. The summed E-state index contributed by atoms with van der Waals surface area (Å²) in [5.74, 6) is 0.731. The summed E-state index contributed by atoms with van der Waals surface area (Å²) < 4.78 is 0. The summed E-state index contributed by atoms with van der Waals surface area (Å²) in [7, 11) is 0. The molecule has 0 aliphatic carbocycles. The second-order valence-corrected chi connectivity index (χ2v) is 3.51. The van der Waals surface area contributed by atoms with Crippen LogP contribution in [0.4, 0.5) is 0 Å². The summed E-state index contributed by atoms with van der Waals surface area (Å²) in [6.07, 6.45) is 1.18. The zero-order valence-electron chi connectivity index (χ0n) is 6.88. The minimum atomic E-state index is 0.340. The summed E-state index contributed by atoms with van der Waals surface area (Å²) in [6, 6.07) is 0.474. The third-order valence-electron chi connectivity index (χ3n) is 2.08. The molecule has 0 unspecified atom stereocenters. The minimum Gasteiger partial charge on any atom is -0.395 e. The van der Waals surface area contributed by atoms with Gasteiger partial charge in [-0.3, -0.25) is 4.90 Å². The van der Waals surface area contributed by atoms with Gasteiger partial charge in [-0.15, -0.1) is 0 Å². The summed E-state index contributed by atoms with van der Waals surface area (Å²) in [6.45, 7) is 7.10. The Hall–Kier alpha value is -0.0800. The number of rotatable bonds is 3. The molecule has 2 heteroatoms. The van der Waals surface area contributed by atoms with Gasteiger partial charge in [0.15, 0.2) is 0 Å². The standard InChI is InChI=1S/C8H17NO/c1-7(2)5-9-4-3-8(9)6-10/h7-8,10H,3-6H2,1-2H3/t8-/m0/s1. The predicted octanol–water partition coefficient (Wildman–Crippen LogP) is 0.709. The lowest BCUT2D eigenvalue weighted by atomic mass is 10.0. The Bertz CT molecular complexity index is 101. The number of aliphatic hydroxyl groups is 1. The Morgan fingerprint density at radius 1 is 1.60 bits per heavy atom. The van der Waals surface area contributed by atoms with Crippen molar-refractivity contribution in [2.75, 3.05) is 19.7 Å². The van der Waals surface area contributed by atoms with Crippen molar-refractivity contribution in [1.82, 2.24) is 4.90 Å². The number of hydrogen-bond donors (Lipinski definition) is 1. The fourth-order valence-electron chi connectivity index (χ4n) is 1.41. The molecular formula is C8H17NO. The van der Waals surface area contributed by atoms with E-state index in [1.165, 1.54) is 13.0 Å². The van der Waals surface area contributed by atoms with Gasteiger partial charge in [0.25, 0.3) is 0 Å². The maximum Gasteiger partial charge on any atom is 0.0587 e. The van der Waals surface area contributed by atoms with Gasteiger partial charge in [-0.1, -0.05) is 13.8 Å². The van der Waals surface area contributed by atoms with Crippen molar-refractivity contribution >= 4 is 0 Å². The Morgan fingerprint density at radius 2 is 2.30 bits per heavy atom. The first-order chi connectivity index (χ1) is 4.74. The number of nitrogens with zero attached hydrogens (tertiary/aromatic N) is 1. The molecule has 1 fully saturated rings. The molecule has 1 N–H and O–H groups in total. The van der Waals surface area contributed by atoms with Crippen LogP contribution in [0.3, 0.4) is 0 Å². The van der Waals surface area contributed by atoms with Crippen molar-refractivity contribution in [2.45, 2.75) is 26.3 Å². The van der Waals surface area contributed by atoms with E-state index < -0.39 is 0 Å². The molecule has 2 nitrogen and oxygen atoms in total. The van der Waals surface area contributed by atoms with Gasteiger partial charge in [0, 0.05) is 19.1 Å². The van der Waals surface area contributed by atoms with Crippen LogP contribution in [0, 0.1) is 5.92 Å². The Kier molecular flexibility index (Phi) is 2.69. The number of likely N-dealkylation sites (tertiary alicyclic amines) is 1. The molecule has 0 bridgehead atoms. The monoisotopic (exact) mass is 143 g/mol. The van der Waals surface area contributed by atoms with Gasteiger partial charge >= 0.3 is 0 Å². The molecule has 0 aromatic heterocycles. The highest BCUT2D eigenvalue weighted by Crippen LogP contribution is 2.17. The van der Waals surface area contributed by atoms with E-state index in [9.17, 15) is 0 Å². The summed E-state index contributed by atoms with van der Waals surface area (Å²) in [4.78, 5) is 2.35. The van der Waals surface area contributed by atoms with Gasteiger partial charge in [0.05, 0.1) is 6.61 Å². The van der Waals surface area contributed by atoms with Crippen LogP contribution in [-0.4, -0.2) is 35.7 Å². The average molecular weight is 143 g/mol. The summed E-state index contributed by atoms with van der Waals surface area (Å²) in [5, 5.41) is 8.83. The van der Waals surface area contributed by atoms with Crippen LogP contribution >= 0.6 is 0 Å². The largest absolute Gasteiger partial charge is 0.395 e. The molecule has 1 aliphatic rings. The van der Waals surface area contributed by atoms with Crippen molar-refractivity contribution < 1.29 is 5.11 Å². The van der Waals surface area contributed by atoms with E-state index >= 15 is 0 Å². The van der Waals surface area contributed by atoms with Crippen LogP contribution in [0.15, 0.2) is 0 Å². The molecule has 0 saturated carbocycles. The van der Waals surface area contributed by atoms with Gasteiger partial charge in [0.2, 0.25) is 0 Å². The zero-order chi connectivity index (χ0) is 7.56. The number of hydrogen-bond acceptors (Lipinski definition) is 2. The molecule has 1 saturated heterocycles. The van der Waals surface area contributed by atoms with E-state index in [2.05, 4.69) is 18.7 Å². The molecule has 1 aliphatic heterocycles. The van der Waals surface area contributed by atoms with Crippen LogP contribution in [0.1, 0.15) is 20.3 Å². The van der Waals surface area contributed by atoms with Gasteiger partial charge < -0.3 is 5.11 Å². The molecular weight excluding hydrogens is 126 g/mol. The van der Waals surface area contributed by atoms with Crippen LogP contribution in [-0.2, 0) is 0 Å². The Morgan fingerprint density at radius 3 is 2.60 bits per heavy atom. The lowest BCUT2D eigenvalue weighted by Gasteiger charge is -2.40. The van der Waals surface area contributed by atoms with Crippen LogP contribution in [0.25, 0.3) is 0 Å². The Balaban J connectivity index is 2.16. The quantitative estimate of drug-likeness (QED) is 0.629. The average Bonchev–Trinajstić information content (AvgIpc) is 1.82. The van der Waals surface area contributed by atoms with E-state index in [4.69, 9.17) is 5.11 Å². The van der Waals surface area contributed by atoms with Crippen molar-refractivity contribution in [2.24, 2.45) is 5.92 Å². The normalized spacial score (nSPS) is 27.0. The van der Waals surface area contributed by atoms with Crippen molar-refractivity contribution in [3.05, 3.63) is 0 Å². The molecule has 0 radical (unpaired) electrons. The molecule has 0 aromatic carbocycles. The van der Waals surface area contributed by atoms with E-state index in [0.29, 0.717) is 12.6 Å². The topological polar surface area (TPSA) is 23.5 Å². The van der Waals surface area contributed by atoms with Crippen LogP contribution in [0.2, 0.25) is 0 Å². The third-order valence-corrected chi connectivity index (χ3v) is 2.08. The molecule has 1 atom stereocenters. The summed E-state index contributed by atoms with van der Waals surface area (Å²) in [5.41, 5.74) is 0. The third kappa shape index (κ3) is 1.70. The summed E-state index contributed by atoms with van der Waals surface area (Å²) >= 11 is 0. The minimum absolute atomic E-state index is 0.340. The highest BCUT2D eigenvalue weighted by atomic mass is 16.3. The van der Waals surface area contributed by atoms with E-state index in [1.54, 1.807) is 0 Å². The smallest absolute Gasteiger partial charge is 0.0587 e. The first-order valence-electron chi connectivity index (χ1n) is 4.09. The molecule has 0 spiro atoms. The van der Waals surface area contributed by atoms with E-state index in [0.717, 1.165) is 12.5 Å². The van der Waals surface area contributed by atoms with Gasteiger partial charge in [-0.25, -0.2) is 0 Å². The van der Waals surface area contributed by atoms with Crippen molar-refractivity contribution in [3.63, 3.8) is 0 Å². The van der Waals surface area contributed by atoms with E-state index in [-0.39, 0.29) is 0 Å². The van der Waals surface area contributed by atoms with Gasteiger partial charge in [-0.05, 0) is 12.3 Å². The zero-order valence-corrected chi connectivity index (χ0v) is 6.88. The second-order valence-electron chi connectivity index (χ2n) is 3.51. The molecule has 1 rings (SSSR count). The van der Waals surface area contributed by atoms with Crippen LogP contribution in [0.5, 0.6) is 0 Å². The lowest BCUT2D eigenvalue weighted by molar-refractivity contribution is 0.0332. The highest BCUT2D eigenvalue weighted by molar-refractivity contribution is 4.82. The van der Waals surface area contributed by atoms with Gasteiger partial charge in [-0.2, -0.15) is 0 Å². The fraction of sp³-hybridized carbons (Fsp3) is 1.00. The van der Waals surface area contributed by atoms with Crippen molar-refractivity contribution in [3.8, 4) is 0 Å². The maximum atomic E-state index is 8.83. The van der Waals surface area contributed by atoms with Crippen molar-refractivity contribution in [1.29, 1.82) is 0 Å². The first-order valence-corrected chi connectivity index (χ1v) is 4.09. The van der Waals surface area contributed by atoms with Crippen LogP contribution < -0.4 is 0 Å². The predicted molar refractivity (Wildman–Crippen MR) is 41.9 cm³/mol. The van der Waals surface area contributed by atoms with Gasteiger partial charge in [0.1, 0.15) is 0 Å². The second kappa shape index (κ2) is 3.35. The molecule has 0 aromatic rings. The highest BCUT2D eigenvalue weighted by Gasteiger charge is 2.26. The van der Waals surface area contributed by atoms with E-state index in [1.807, 2.05) is 0 Å². The number of aliphatic hydroxyl groups excluding tert-OH is 1. The Labute approximate surface area is 62.8 Å².